The van der Waals surface area contributed by atoms with Gasteiger partial charge in [0.15, 0.2) is 0 Å². The van der Waals surface area contributed by atoms with Crippen LogP contribution in [-0.2, 0) is 41.9 Å². The molecule has 2 amide bonds. The highest BCUT2D eigenvalue weighted by Gasteiger charge is 2.35. The van der Waals surface area contributed by atoms with Gasteiger partial charge in [-0.2, -0.15) is 0 Å². The molecule has 4 aromatic carbocycles. The van der Waals surface area contributed by atoms with E-state index in [9.17, 15) is 22.8 Å². The van der Waals surface area contributed by atoms with E-state index in [1.165, 1.54) is 7.11 Å². The van der Waals surface area contributed by atoms with E-state index in [0.717, 1.165) is 50.9 Å². The SMILES string of the molecule is C=CCOc1ccc(C[C@H](NC(=O)[C@H](CCCN=C(N)NS(=O)(=O)c2c(C)c(C)c3c(c2C)CCC(C)(C)O3)NC(=O)OCC2c3ccccc3-c3cccc(C)c32)C(=O)OC)cc1. The highest BCUT2D eigenvalue weighted by molar-refractivity contribution is 7.90. The fourth-order valence-corrected chi connectivity index (χ4v) is 10.1. The Labute approximate surface area is 376 Å². The van der Waals surface area contributed by atoms with E-state index in [1.807, 2.05) is 64.1 Å². The van der Waals surface area contributed by atoms with Crippen molar-refractivity contribution < 1.29 is 41.7 Å². The Balaban J connectivity index is 1.16. The lowest BCUT2D eigenvalue weighted by atomic mass is 9.88. The monoisotopic (exact) mass is 893 g/mol. The topological polar surface area (TPSA) is 197 Å². The first-order valence-electron chi connectivity index (χ1n) is 21.4. The second-order valence-corrected chi connectivity index (χ2v) is 18.5. The summed E-state index contributed by atoms with van der Waals surface area (Å²) in [7, 11) is -2.93. The van der Waals surface area contributed by atoms with Gasteiger partial charge in [-0.3, -0.25) is 9.79 Å². The van der Waals surface area contributed by atoms with Gasteiger partial charge in [-0.1, -0.05) is 67.3 Å². The molecule has 14 nitrogen and oxygen atoms in total. The fourth-order valence-electron chi connectivity index (χ4n) is 8.55. The number of carbonyl (C=O) groups is 3. The number of sulfonamides is 1. The Morgan fingerprint density at radius 3 is 2.39 bits per heavy atom. The highest BCUT2D eigenvalue weighted by Crippen LogP contribution is 2.46. The van der Waals surface area contributed by atoms with Crippen LogP contribution in [0.2, 0.25) is 0 Å². The lowest BCUT2D eigenvalue weighted by molar-refractivity contribution is -0.145. The van der Waals surface area contributed by atoms with Gasteiger partial charge in [0, 0.05) is 18.9 Å². The van der Waals surface area contributed by atoms with Crippen LogP contribution < -0.4 is 30.6 Å². The number of aryl methyl sites for hydroxylation is 1. The number of aliphatic imine (C=N–C) groups is 1. The molecular formula is C49H59N5O9S. The van der Waals surface area contributed by atoms with Crippen LogP contribution in [0.15, 0.2) is 89.3 Å². The van der Waals surface area contributed by atoms with Crippen molar-refractivity contribution >= 4 is 34.0 Å². The number of nitrogens with zero attached hydrogens (tertiary/aromatic N) is 1. The van der Waals surface area contributed by atoms with Gasteiger partial charge in [-0.25, -0.2) is 22.7 Å². The van der Waals surface area contributed by atoms with Crippen LogP contribution in [0.4, 0.5) is 4.79 Å². The van der Waals surface area contributed by atoms with Crippen LogP contribution in [0.1, 0.15) is 83.5 Å². The molecule has 340 valence electrons. The third-order valence-electron chi connectivity index (χ3n) is 11.9. The molecule has 3 atom stereocenters. The fraction of sp³-hybridized carbons (Fsp3) is 0.388. The summed E-state index contributed by atoms with van der Waals surface area (Å²) >= 11 is 0. The number of amides is 2. The smallest absolute Gasteiger partial charge is 0.407 e. The van der Waals surface area contributed by atoms with E-state index in [2.05, 4.69) is 33.0 Å². The number of hydrogen-bond acceptors (Lipinski definition) is 10. The van der Waals surface area contributed by atoms with Gasteiger partial charge in [0.2, 0.25) is 11.9 Å². The number of rotatable bonds is 17. The quantitative estimate of drug-likeness (QED) is 0.0289. The average Bonchev–Trinajstić information content (AvgIpc) is 3.58. The van der Waals surface area contributed by atoms with Gasteiger partial charge in [0.05, 0.1) is 12.0 Å². The van der Waals surface area contributed by atoms with Crippen molar-refractivity contribution in [2.45, 2.75) is 102 Å². The zero-order chi connectivity index (χ0) is 46.3. The van der Waals surface area contributed by atoms with Gasteiger partial charge < -0.3 is 35.3 Å². The molecule has 6 rings (SSSR count). The van der Waals surface area contributed by atoms with E-state index < -0.39 is 40.1 Å². The number of nitrogens with two attached hydrogens (primary N) is 1. The maximum Gasteiger partial charge on any atom is 0.407 e. The molecule has 0 saturated heterocycles. The average molecular weight is 894 g/mol. The summed E-state index contributed by atoms with van der Waals surface area (Å²) in [6.45, 7) is 15.4. The summed E-state index contributed by atoms with van der Waals surface area (Å²) in [5.74, 6) is -0.574. The predicted octanol–water partition coefficient (Wildman–Crippen LogP) is 6.77. The molecule has 0 saturated carbocycles. The van der Waals surface area contributed by atoms with Crippen LogP contribution in [0, 0.1) is 27.7 Å². The van der Waals surface area contributed by atoms with E-state index in [0.29, 0.717) is 35.7 Å². The molecule has 0 aromatic heterocycles. The van der Waals surface area contributed by atoms with Gasteiger partial charge in [-0.15, -0.1) is 0 Å². The first-order valence-corrected chi connectivity index (χ1v) is 22.9. The summed E-state index contributed by atoms with van der Waals surface area (Å²) < 4.78 is 52.7. The summed E-state index contributed by atoms with van der Waals surface area (Å²) in [5.41, 5.74) is 14.6. The zero-order valence-corrected chi connectivity index (χ0v) is 38.4. The van der Waals surface area contributed by atoms with Crippen LogP contribution in [0.5, 0.6) is 11.5 Å². The number of ether oxygens (including phenoxy) is 4. The Hall–Kier alpha value is -6.35. The minimum atomic E-state index is -4.15. The molecule has 5 N–H and O–H groups in total. The molecule has 0 fully saturated rings. The Kier molecular flexibility index (Phi) is 14.7. The zero-order valence-electron chi connectivity index (χ0n) is 37.6. The molecule has 0 radical (unpaired) electrons. The third kappa shape index (κ3) is 10.7. The first kappa shape index (κ1) is 47.1. The molecule has 1 unspecified atom stereocenters. The number of alkyl carbamates (subject to hydrolysis) is 1. The molecule has 1 heterocycles. The minimum absolute atomic E-state index is 0.00537. The number of guanidine groups is 1. The summed E-state index contributed by atoms with van der Waals surface area (Å²) in [5, 5.41) is 5.45. The molecule has 15 heteroatoms. The summed E-state index contributed by atoms with van der Waals surface area (Å²) in [6, 6.07) is 18.8. The third-order valence-corrected chi connectivity index (χ3v) is 13.6. The van der Waals surface area contributed by atoms with E-state index in [-0.39, 0.29) is 54.8 Å². The molecule has 4 aromatic rings. The van der Waals surface area contributed by atoms with E-state index in [4.69, 9.17) is 24.7 Å². The van der Waals surface area contributed by atoms with Crippen molar-refractivity contribution in [3.63, 3.8) is 0 Å². The van der Waals surface area contributed by atoms with Gasteiger partial charge >= 0.3 is 12.1 Å². The molecule has 1 aliphatic carbocycles. The standard InChI is InChI=1S/C49H59N5O9S/c1-9-26-61-34-21-19-33(20-22-34)27-41(46(56)60-8)52-45(55)40(53-48(57)62-28-39-37-16-11-10-15-36(37)38-17-12-14-29(2)42(38)39)18-13-25-51-47(50)54-64(58,59)44-31(4)30(3)43-35(32(44)5)23-24-49(6,7)63-43/h9-12,14-17,19-22,39-41H,1,13,18,23-28H2,2-8H3,(H,52,55)(H,53,57)(H3,50,51,54)/t39?,40-,41-/m0/s1. The summed E-state index contributed by atoms with van der Waals surface area (Å²) in [4.78, 5) is 45.0. The second-order valence-electron chi connectivity index (χ2n) is 16.9. The van der Waals surface area contributed by atoms with Crippen LogP contribution in [0.25, 0.3) is 11.1 Å². The first-order chi connectivity index (χ1) is 30.4. The lowest BCUT2D eigenvalue weighted by Gasteiger charge is -2.35. The van der Waals surface area contributed by atoms with Crippen LogP contribution >= 0.6 is 0 Å². The van der Waals surface area contributed by atoms with Crippen molar-refractivity contribution in [2.24, 2.45) is 10.7 Å². The largest absolute Gasteiger partial charge is 0.490 e. The second kappa shape index (κ2) is 20.0. The minimum Gasteiger partial charge on any atom is -0.490 e. The number of esters is 1. The van der Waals surface area contributed by atoms with Crippen molar-refractivity contribution in [3.05, 3.63) is 124 Å². The Morgan fingerprint density at radius 1 is 0.953 bits per heavy atom. The number of carbonyl (C=O) groups excluding carboxylic acids is 3. The van der Waals surface area contributed by atoms with Crippen LogP contribution in [-0.4, -0.2) is 76.9 Å². The molecule has 0 spiro atoms. The number of hydrogen-bond donors (Lipinski definition) is 4. The van der Waals surface area contributed by atoms with E-state index >= 15 is 0 Å². The number of benzene rings is 4. The van der Waals surface area contributed by atoms with E-state index in [1.54, 1.807) is 44.2 Å². The van der Waals surface area contributed by atoms with Gasteiger partial charge in [0.1, 0.15) is 42.4 Å². The summed E-state index contributed by atoms with van der Waals surface area (Å²) in [6.07, 6.45) is 2.49. The van der Waals surface area contributed by atoms with Crippen LogP contribution in [0.3, 0.4) is 0 Å². The van der Waals surface area contributed by atoms with Crippen molar-refractivity contribution in [3.8, 4) is 22.6 Å². The molecule has 64 heavy (non-hydrogen) atoms. The normalized spacial score (nSPS) is 15.9. The predicted molar refractivity (Wildman–Crippen MR) is 246 cm³/mol. The Morgan fingerprint density at radius 2 is 1.67 bits per heavy atom. The van der Waals surface area contributed by atoms with Crippen molar-refractivity contribution in [1.82, 2.24) is 15.4 Å². The maximum atomic E-state index is 14.0. The van der Waals surface area contributed by atoms with Crippen molar-refractivity contribution in [2.75, 3.05) is 26.9 Å². The van der Waals surface area contributed by atoms with Gasteiger partial charge in [0.25, 0.3) is 10.0 Å². The van der Waals surface area contributed by atoms with Crippen molar-refractivity contribution in [1.29, 1.82) is 0 Å². The molecule has 0 bridgehead atoms. The lowest BCUT2D eigenvalue weighted by Crippen LogP contribution is -2.52. The van der Waals surface area contributed by atoms with Gasteiger partial charge in [-0.05, 0) is 135 Å². The molecule has 1 aliphatic heterocycles. The number of methoxy groups -OCH3 is 1. The maximum absolute atomic E-state index is 14.0. The highest BCUT2D eigenvalue weighted by atomic mass is 32.2. The number of nitrogens with one attached hydrogen (secondary N) is 3. The molecular weight excluding hydrogens is 835 g/mol. The number of fused-ring (bicyclic) bond motifs is 4. The molecule has 2 aliphatic rings. The Bertz CT molecular complexity index is 2550.